The summed E-state index contributed by atoms with van der Waals surface area (Å²) in [5.41, 5.74) is -1.05. The van der Waals surface area contributed by atoms with Gasteiger partial charge >= 0.3 is 6.18 Å². The number of benzene rings is 1. The van der Waals surface area contributed by atoms with Gasteiger partial charge in [-0.1, -0.05) is 12.1 Å². The Labute approximate surface area is 233 Å². The number of pyridine rings is 1. The van der Waals surface area contributed by atoms with E-state index in [1.807, 2.05) is 12.1 Å². The molecule has 212 valence electrons. The van der Waals surface area contributed by atoms with Gasteiger partial charge in [0.1, 0.15) is 10.6 Å². The summed E-state index contributed by atoms with van der Waals surface area (Å²) in [4.78, 5) is 36.2. The number of alkyl halides is 3. The Morgan fingerprint density at radius 1 is 1.10 bits per heavy atom. The minimum atomic E-state index is -4.55. The van der Waals surface area contributed by atoms with Crippen molar-refractivity contribution in [2.75, 3.05) is 19.6 Å². The standard InChI is InChI=1S/C28H30F3N5O3S/c29-28(30,31)20-5-1-3-18(13-20)25(38)33-16-24(37)36-12-8-22(17-36)35-21-6-9-27(39,10-7-21)26-34-15-23(40-26)19-4-2-11-32-14-19/h1-5,11,13-15,21-22,35,39H,6-10,12,16-17H2,(H,33,38). The minimum Gasteiger partial charge on any atom is -0.383 e. The summed E-state index contributed by atoms with van der Waals surface area (Å²) in [6, 6.07) is 8.25. The third kappa shape index (κ3) is 6.51. The fourth-order valence-electron chi connectivity index (χ4n) is 5.27. The fourth-order valence-corrected chi connectivity index (χ4v) is 6.32. The van der Waals surface area contributed by atoms with Crippen molar-refractivity contribution in [1.82, 2.24) is 25.5 Å². The van der Waals surface area contributed by atoms with E-state index >= 15 is 0 Å². The second-order valence-corrected chi connectivity index (χ2v) is 11.4. The number of amides is 2. The average molecular weight is 574 g/mol. The highest BCUT2D eigenvalue weighted by Crippen LogP contribution is 2.41. The van der Waals surface area contributed by atoms with Gasteiger partial charge in [-0.25, -0.2) is 4.98 Å². The van der Waals surface area contributed by atoms with Crippen LogP contribution >= 0.6 is 11.3 Å². The Morgan fingerprint density at radius 2 is 1.90 bits per heavy atom. The molecule has 1 aliphatic heterocycles. The lowest BCUT2D eigenvalue weighted by Crippen LogP contribution is -2.46. The minimum absolute atomic E-state index is 0.0938. The summed E-state index contributed by atoms with van der Waals surface area (Å²) < 4.78 is 38.7. The third-order valence-corrected chi connectivity index (χ3v) is 8.77. The van der Waals surface area contributed by atoms with Gasteiger partial charge in [-0.05, 0) is 56.4 Å². The number of aromatic nitrogens is 2. The van der Waals surface area contributed by atoms with Gasteiger partial charge in [-0.3, -0.25) is 14.6 Å². The number of carbonyl (C=O) groups is 2. The lowest BCUT2D eigenvalue weighted by molar-refractivity contribution is -0.137. The van der Waals surface area contributed by atoms with Gasteiger partial charge in [0, 0.05) is 54.9 Å². The number of aliphatic hydroxyl groups is 1. The first kappa shape index (κ1) is 28.2. The highest BCUT2D eigenvalue weighted by Gasteiger charge is 2.38. The van der Waals surface area contributed by atoms with Crippen LogP contribution in [0.5, 0.6) is 0 Å². The Hall–Kier alpha value is -3.35. The van der Waals surface area contributed by atoms with Gasteiger partial charge in [-0.2, -0.15) is 13.2 Å². The summed E-state index contributed by atoms with van der Waals surface area (Å²) in [6.45, 7) is 0.732. The molecule has 1 saturated carbocycles. The van der Waals surface area contributed by atoms with Crippen LogP contribution in [0.2, 0.25) is 0 Å². The summed E-state index contributed by atoms with van der Waals surface area (Å²) in [6.07, 6.45) is 4.21. The molecule has 1 aromatic carbocycles. The zero-order valence-corrected chi connectivity index (χ0v) is 22.5. The van der Waals surface area contributed by atoms with E-state index in [4.69, 9.17) is 0 Å². The molecule has 3 aromatic rings. The van der Waals surface area contributed by atoms with Crippen LogP contribution in [0.25, 0.3) is 10.4 Å². The fraction of sp³-hybridized carbons (Fsp3) is 0.429. The molecule has 2 fully saturated rings. The molecule has 1 aliphatic carbocycles. The smallest absolute Gasteiger partial charge is 0.383 e. The van der Waals surface area contributed by atoms with Crippen LogP contribution in [0.1, 0.15) is 53.0 Å². The van der Waals surface area contributed by atoms with Crippen LogP contribution in [0.3, 0.4) is 0 Å². The van der Waals surface area contributed by atoms with Crippen LogP contribution in [0, 0.1) is 0 Å². The molecule has 1 unspecified atom stereocenters. The maximum Gasteiger partial charge on any atom is 0.416 e. The molecule has 1 atom stereocenters. The number of thiazole rings is 1. The van der Waals surface area contributed by atoms with Gasteiger partial charge in [0.2, 0.25) is 5.91 Å². The molecule has 8 nitrogen and oxygen atoms in total. The highest BCUT2D eigenvalue weighted by molar-refractivity contribution is 7.15. The number of nitrogens with zero attached hydrogens (tertiary/aromatic N) is 3. The summed E-state index contributed by atoms with van der Waals surface area (Å²) in [5.74, 6) is -1.01. The van der Waals surface area contributed by atoms with E-state index in [1.54, 1.807) is 23.5 Å². The summed E-state index contributed by atoms with van der Waals surface area (Å²) >= 11 is 1.49. The molecule has 0 bridgehead atoms. The Kier molecular flexibility index (Phi) is 8.20. The van der Waals surface area contributed by atoms with Crippen molar-refractivity contribution in [2.45, 2.75) is 56.0 Å². The van der Waals surface area contributed by atoms with Crippen molar-refractivity contribution >= 4 is 23.2 Å². The molecule has 2 amide bonds. The number of hydrogen-bond donors (Lipinski definition) is 3. The molecule has 1 saturated heterocycles. The SMILES string of the molecule is O=C(NCC(=O)N1CCC(NC2CCC(O)(c3ncc(-c4cccnc4)s3)CC2)C1)c1cccc(C(F)(F)F)c1. The highest BCUT2D eigenvalue weighted by atomic mass is 32.1. The van der Waals surface area contributed by atoms with E-state index in [-0.39, 0.29) is 30.1 Å². The van der Waals surface area contributed by atoms with Crippen molar-refractivity contribution in [3.8, 4) is 10.4 Å². The molecule has 12 heteroatoms. The Bertz CT molecular complexity index is 1340. The molecule has 0 spiro atoms. The maximum absolute atomic E-state index is 12.9. The normalized spacial score (nSPS) is 23.2. The van der Waals surface area contributed by atoms with E-state index in [2.05, 4.69) is 20.6 Å². The van der Waals surface area contributed by atoms with Crippen LogP contribution in [0.4, 0.5) is 13.2 Å². The number of likely N-dealkylation sites (tertiary alicyclic amines) is 1. The molecule has 5 rings (SSSR count). The number of rotatable bonds is 7. The largest absolute Gasteiger partial charge is 0.416 e. The van der Waals surface area contributed by atoms with Gasteiger partial charge in [0.05, 0.1) is 17.0 Å². The first-order valence-electron chi connectivity index (χ1n) is 13.2. The lowest BCUT2D eigenvalue weighted by atomic mass is 9.82. The van der Waals surface area contributed by atoms with Crippen molar-refractivity contribution in [2.24, 2.45) is 0 Å². The molecule has 3 heterocycles. The topological polar surface area (TPSA) is 107 Å². The predicted octanol–water partition coefficient (Wildman–Crippen LogP) is 3.97. The van der Waals surface area contributed by atoms with Crippen molar-refractivity contribution < 1.29 is 27.9 Å². The molecule has 0 radical (unpaired) electrons. The quantitative estimate of drug-likeness (QED) is 0.395. The van der Waals surface area contributed by atoms with Gasteiger partial charge < -0.3 is 20.6 Å². The Morgan fingerprint density at radius 3 is 2.62 bits per heavy atom. The second kappa shape index (κ2) is 11.6. The molecule has 3 N–H and O–H groups in total. The second-order valence-electron chi connectivity index (χ2n) is 10.3. The van der Waals surface area contributed by atoms with E-state index in [9.17, 15) is 27.9 Å². The van der Waals surface area contributed by atoms with Crippen molar-refractivity contribution in [3.05, 3.63) is 71.1 Å². The number of carbonyl (C=O) groups excluding carboxylic acids is 2. The first-order chi connectivity index (χ1) is 19.1. The van der Waals surface area contributed by atoms with E-state index < -0.39 is 23.2 Å². The first-order valence-corrected chi connectivity index (χ1v) is 14.0. The van der Waals surface area contributed by atoms with E-state index in [0.717, 1.165) is 46.8 Å². The van der Waals surface area contributed by atoms with Crippen LogP contribution < -0.4 is 10.6 Å². The summed E-state index contributed by atoms with van der Waals surface area (Å²) in [5, 5.41) is 18.1. The van der Waals surface area contributed by atoms with Gasteiger partial charge in [0.25, 0.3) is 5.91 Å². The third-order valence-electron chi connectivity index (χ3n) is 7.53. The van der Waals surface area contributed by atoms with Crippen LogP contribution in [0.15, 0.2) is 55.0 Å². The molecule has 2 aliphatic rings. The Balaban J connectivity index is 1.07. The van der Waals surface area contributed by atoms with E-state index in [1.165, 1.54) is 23.5 Å². The molecular formula is C28H30F3N5O3S. The van der Waals surface area contributed by atoms with E-state index in [0.29, 0.717) is 25.9 Å². The van der Waals surface area contributed by atoms with Gasteiger partial charge in [0.15, 0.2) is 0 Å². The number of nitrogens with one attached hydrogen (secondary N) is 2. The average Bonchev–Trinajstić information content (AvgIpc) is 3.64. The van der Waals surface area contributed by atoms with Gasteiger partial charge in [-0.15, -0.1) is 11.3 Å². The van der Waals surface area contributed by atoms with Crippen molar-refractivity contribution in [3.63, 3.8) is 0 Å². The van der Waals surface area contributed by atoms with Crippen LogP contribution in [-0.4, -0.2) is 63.5 Å². The molecular weight excluding hydrogens is 543 g/mol. The lowest BCUT2D eigenvalue weighted by Gasteiger charge is -2.36. The predicted molar refractivity (Wildman–Crippen MR) is 143 cm³/mol. The van der Waals surface area contributed by atoms with Crippen molar-refractivity contribution in [1.29, 1.82) is 0 Å². The number of hydrogen-bond acceptors (Lipinski definition) is 7. The maximum atomic E-state index is 12.9. The molecule has 2 aromatic heterocycles. The molecule has 40 heavy (non-hydrogen) atoms. The zero-order chi connectivity index (χ0) is 28.3. The summed E-state index contributed by atoms with van der Waals surface area (Å²) in [7, 11) is 0. The van der Waals surface area contributed by atoms with Crippen LogP contribution in [-0.2, 0) is 16.6 Å². The zero-order valence-electron chi connectivity index (χ0n) is 21.7. The number of halogens is 3. The monoisotopic (exact) mass is 573 g/mol.